The van der Waals surface area contributed by atoms with Crippen LogP contribution in [0, 0.1) is 6.92 Å². The third-order valence-electron chi connectivity index (χ3n) is 6.69. The SMILES string of the molecule is Cc1ccccc1CN(C(=O)CCCN(C)S(=O)(=O)c1ccccc1)[C@@H](Cc1ccccc1)C(=O)NC(C)(C)C. The van der Waals surface area contributed by atoms with Gasteiger partial charge in [0.25, 0.3) is 0 Å². The molecule has 0 saturated heterocycles. The Morgan fingerprint density at radius 1 is 0.875 bits per heavy atom. The van der Waals surface area contributed by atoms with Crippen LogP contribution in [0.5, 0.6) is 0 Å². The Kier molecular flexibility index (Phi) is 10.7. The molecule has 1 N–H and O–H groups in total. The van der Waals surface area contributed by atoms with Gasteiger partial charge in [-0.05, 0) is 62.9 Å². The molecule has 0 unspecified atom stereocenters. The second-order valence-electron chi connectivity index (χ2n) is 11.1. The molecule has 0 spiro atoms. The van der Waals surface area contributed by atoms with Gasteiger partial charge in [0, 0.05) is 38.5 Å². The lowest BCUT2D eigenvalue weighted by atomic mass is 9.99. The molecule has 0 aliphatic rings. The second-order valence-corrected chi connectivity index (χ2v) is 13.2. The zero-order chi connectivity index (χ0) is 29.3. The molecule has 0 aromatic heterocycles. The van der Waals surface area contributed by atoms with Crippen molar-refractivity contribution in [3.05, 3.63) is 102 Å². The van der Waals surface area contributed by atoms with Crippen molar-refractivity contribution in [2.24, 2.45) is 0 Å². The summed E-state index contributed by atoms with van der Waals surface area (Å²) in [5.41, 5.74) is 2.47. The van der Waals surface area contributed by atoms with E-state index in [2.05, 4.69) is 5.32 Å². The van der Waals surface area contributed by atoms with Gasteiger partial charge in [-0.15, -0.1) is 0 Å². The van der Waals surface area contributed by atoms with Crippen molar-refractivity contribution in [2.45, 2.75) is 70.0 Å². The van der Waals surface area contributed by atoms with E-state index in [9.17, 15) is 18.0 Å². The number of carbonyl (C=O) groups excluding carboxylic acids is 2. The van der Waals surface area contributed by atoms with Crippen molar-refractivity contribution < 1.29 is 18.0 Å². The van der Waals surface area contributed by atoms with Crippen LogP contribution >= 0.6 is 0 Å². The van der Waals surface area contributed by atoms with Gasteiger partial charge in [0.1, 0.15) is 6.04 Å². The molecule has 0 aliphatic carbocycles. The van der Waals surface area contributed by atoms with Crippen molar-refractivity contribution in [3.63, 3.8) is 0 Å². The molecule has 3 aromatic carbocycles. The van der Waals surface area contributed by atoms with Crippen molar-refractivity contribution >= 4 is 21.8 Å². The van der Waals surface area contributed by atoms with Gasteiger partial charge < -0.3 is 10.2 Å². The zero-order valence-corrected chi connectivity index (χ0v) is 24.9. The summed E-state index contributed by atoms with van der Waals surface area (Å²) in [5.74, 6) is -0.416. The lowest BCUT2D eigenvalue weighted by Gasteiger charge is -2.34. The normalized spacial score (nSPS) is 12.7. The molecule has 7 nitrogen and oxygen atoms in total. The molecule has 3 aromatic rings. The number of amides is 2. The Morgan fingerprint density at radius 2 is 1.45 bits per heavy atom. The highest BCUT2D eigenvalue weighted by atomic mass is 32.2. The molecule has 0 saturated carbocycles. The molecule has 0 radical (unpaired) electrons. The average Bonchev–Trinajstić information content (AvgIpc) is 2.91. The molecule has 8 heteroatoms. The molecule has 0 bridgehead atoms. The highest BCUT2D eigenvalue weighted by Gasteiger charge is 2.32. The van der Waals surface area contributed by atoms with E-state index >= 15 is 0 Å². The number of sulfonamides is 1. The Hall–Kier alpha value is -3.49. The van der Waals surface area contributed by atoms with Crippen LogP contribution < -0.4 is 5.32 Å². The van der Waals surface area contributed by atoms with Crippen LogP contribution in [-0.2, 0) is 32.6 Å². The summed E-state index contributed by atoms with van der Waals surface area (Å²) in [7, 11) is -2.14. The van der Waals surface area contributed by atoms with E-state index in [0.29, 0.717) is 12.8 Å². The zero-order valence-electron chi connectivity index (χ0n) is 24.1. The minimum Gasteiger partial charge on any atom is -0.350 e. The number of nitrogens with zero attached hydrogens (tertiary/aromatic N) is 2. The number of carbonyl (C=O) groups is 2. The molecular weight excluding hydrogens is 522 g/mol. The fourth-order valence-electron chi connectivity index (χ4n) is 4.47. The number of hydrogen-bond acceptors (Lipinski definition) is 4. The first-order chi connectivity index (χ1) is 18.9. The van der Waals surface area contributed by atoms with Gasteiger partial charge in [-0.2, -0.15) is 0 Å². The van der Waals surface area contributed by atoms with E-state index in [1.165, 1.54) is 11.4 Å². The number of rotatable bonds is 12. The molecule has 0 heterocycles. The number of hydrogen-bond donors (Lipinski definition) is 1. The monoisotopic (exact) mass is 563 g/mol. The third kappa shape index (κ3) is 8.76. The number of aryl methyl sites for hydroxylation is 1. The quantitative estimate of drug-likeness (QED) is 0.338. The van der Waals surface area contributed by atoms with Gasteiger partial charge in [0.05, 0.1) is 4.90 Å². The summed E-state index contributed by atoms with van der Waals surface area (Å²) in [4.78, 5) is 29.4. The molecular formula is C32H41N3O4S. The fourth-order valence-corrected chi connectivity index (χ4v) is 5.70. The van der Waals surface area contributed by atoms with Gasteiger partial charge in [-0.25, -0.2) is 12.7 Å². The first kappa shape index (κ1) is 31.0. The summed E-state index contributed by atoms with van der Waals surface area (Å²) in [5, 5.41) is 3.07. The maximum absolute atomic E-state index is 13.8. The Labute approximate surface area is 239 Å². The minimum atomic E-state index is -3.66. The second kappa shape index (κ2) is 13.7. The molecule has 3 rings (SSSR count). The number of benzene rings is 3. The third-order valence-corrected chi connectivity index (χ3v) is 8.56. The fraction of sp³-hybridized carbons (Fsp3) is 0.375. The van der Waals surface area contributed by atoms with Crippen LogP contribution in [0.1, 0.15) is 50.3 Å². The minimum absolute atomic E-state index is 0.106. The number of nitrogens with one attached hydrogen (secondary N) is 1. The van der Waals surface area contributed by atoms with Gasteiger partial charge in [-0.1, -0.05) is 72.8 Å². The van der Waals surface area contributed by atoms with Crippen LogP contribution in [0.25, 0.3) is 0 Å². The van der Waals surface area contributed by atoms with E-state index in [1.807, 2.05) is 82.3 Å². The molecule has 0 aliphatic heterocycles. The summed E-state index contributed by atoms with van der Waals surface area (Å²) in [6.45, 7) is 8.20. The van der Waals surface area contributed by atoms with Crippen LogP contribution in [0.2, 0.25) is 0 Å². The topological polar surface area (TPSA) is 86.8 Å². The van der Waals surface area contributed by atoms with Crippen molar-refractivity contribution in [2.75, 3.05) is 13.6 Å². The van der Waals surface area contributed by atoms with Gasteiger partial charge in [0.15, 0.2) is 0 Å². The van der Waals surface area contributed by atoms with Gasteiger partial charge in [0.2, 0.25) is 21.8 Å². The van der Waals surface area contributed by atoms with E-state index in [-0.39, 0.29) is 36.2 Å². The van der Waals surface area contributed by atoms with E-state index in [4.69, 9.17) is 0 Å². The molecule has 214 valence electrons. The standard InChI is InChI=1S/C32H41N3O4S/c1-25-15-12-13-18-27(25)24-35(29(31(37)33-32(2,3)4)23-26-16-8-6-9-17-26)30(36)21-14-22-34(5)40(38,39)28-19-10-7-11-20-28/h6-13,15-20,29H,14,21-24H2,1-5H3,(H,33,37)/t29-/m0/s1. The largest absolute Gasteiger partial charge is 0.350 e. The Morgan fingerprint density at radius 3 is 2.05 bits per heavy atom. The van der Waals surface area contributed by atoms with Crippen LogP contribution in [0.15, 0.2) is 89.8 Å². The summed E-state index contributed by atoms with van der Waals surface area (Å²) >= 11 is 0. The lowest BCUT2D eigenvalue weighted by molar-refractivity contribution is -0.142. The maximum Gasteiger partial charge on any atom is 0.243 e. The lowest BCUT2D eigenvalue weighted by Crippen LogP contribution is -2.54. The summed E-state index contributed by atoms with van der Waals surface area (Å²) in [6, 6.07) is 25.0. The molecule has 1 atom stereocenters. The first-order valence-electron chi connectivity index (χ1n) is 13.6. The summed E-state index contributed by atoms with van der Waals surface area (Å²) < 4.78 is 27.1. The molecule has 40 heavy (non-hydrogen) atoms. The van der Waals surface area contributed by atoms with Crippen molar-refractivity contribution in [1.82, 2.24) is 14.5 Å². The maximum atomic E-state index is 13.8. The van der Waals surface area contributed by atoms with Crippen molar-refractivity contribution in [3.8, 4) is 0 Å². The predicted octanol–water partition coefficient (Wildman–Crippen LogP) is 4.95. The highest BCUT2D eigenvalue weighted by molar-refractivity contribution is 7.89. The molecule has 2 amide bonds. The van der Waals surface area contributed by atoms with E-state index in [1.54, 1.807) is 35.2 Å². The van der Waals surface area contributed by atoms with Crippen LogP contribution in [-0.4, -0.2) is 54.6 Å². The first-order valence-corrected chi connectivity index (χ1v) is 15.0. The van der Waals surface area contributed by atoms with E-state index in [0.717, 1.165) is 16.7 Å². The van der Waals surface area contributed by atoms with Gasteiger partial charge >= 0.3 is 0 Å². The highest BCUT2D eigenvalue weighted by Crippen LogP contribution is 2.20. The summed E-state index contributed by atoms with van der Waals surface area (Å²) in [6.07, 6.45) is 0.794. The van der Waals surface area contributed by atoms with Crippen LogP contribution in [0.4, 0.5) is 0 Å². The van der Waals surface area contributed by atoms with Crippen molar-refractivity contribution in [1.29, 1.82) is 0 Å². The Bertz CT molecular complexity index is 1370. The van der Waals surface area contributed by atoms with Gasteiger partial charge in [-0.3, -0.25) is 9.59 Å². The van der Waals surface area contributed by atoms with Crippen LogP contribution in [0.3, 0.4) is 0 Å². The Balaban J connectivity index is 1.85. The molecule has 0 fully saturated rings. The van der Waals surface area contributed by atoms with E-state index < -0.39 is 21.6 Å². The predicted molar refractivity (Wildman–Crippen MR) is 159 cm³/mol. The smallest absolute Gasteiger partial charge is 0.243 e. The average molecular weight is 564 g/mol.